The Kier molecular flexibility index (Phi) is 26.8. The minimum absolute atomic E-state index is 0.204. The first kappa shape index (κ1) is 39.0. The number of carbonyl (C=O) groups is 2. The number of hydrogen-bond acceptors (Lipinski definition) is 6. The molecule has 41 heavy (non-hydrogen) atoms. The predicted molar refractivity (Wildman–Crippen MR) is 165 cm³/mol. The molecule has 0 spiro atoms. The van der Waals surface area contributed by atoms with Crippen LogP contribution in [-0.2, 0) is 28.2 Å². The molecule has 0 fully saturated rings. The van der Waals surface area contributed by atoms with Gasteiger partial charge in [0.2, 0.25) is 0 Å². The van der Waals surface area contributed by atoms with Gasteiger partial charge in [-0.3, -0.25) is 14.1 Å². The number of unbranched alkanes of at least 4 members (excludes halogenated alkanes) is 12. The molecular weight excluding hydrogens is 543 g/mol. The lowest BCUT2D eigenvalue weighted by Crippen LogP contribution is -2.29. The van der Waals surface area contributed by atoms with Gasteiger partial charge in [-0.25, -0.2) is 4.57 Å². The Bertz CT molecular complexity index is 813. The average Bonchev–Trinajstić information content (AvgIpc) is 2.93. The molecule has 236 valence electrons. The van der Waals surface area contributed by atoms with Gasteiger partial charge in [0, 0.05) is 12.8 Å². The number of phosphoric ester groups is 1. The first-order chi connectivity index (χ1) is 19.8. The van der Waals surface area contributed by atoms with E-state index in [1.165, 1.54) is 25.7 Å². The average molecular weight is 599 g/mol. The van der Waals surface area contributed by atoms with Crippen LogP contribution >= 0.6 is 7.82 Å². The predicted octanol–water partition coefficient (Wildman–Crippen LogP) is 8.45. The summed E-state index contributed by atoms with van der Waals surface area (Å²) >= 11 is 0. The third kappa shape index (κ3) is 30.8. The van der Waals surface area contributed by atoms with Crippen LogP contribution < -0.4 is 0 Å². The molecule has 0 aliphatic carbocycles. The van der Waals surface area contributed by atoms with E-state index in [0.717, 1.165) is 57.8 Å². The summed E-state index contributed by atoms with van der Waals surface area (Å²) in [4.78, 5) is 42.3. The molecule has 0 aromatic carbocycles. The zero-order chi connectivity index (χ0) is 30.4. The second-order valence-electron chi connectivity index (χ2n) is 10.1. The number of phosphoric acid groups is 1. The lowest BCUT2D eigenvalue weighted by molar-refractivity contribution is -0.161. The topological polar surface area (TPSA) is 119 Å². The van der Waals surface area contributed by atoms with Gasteiger partial charge in [-0.05, 0) is 32.1 Å². The van der Waals surface area contributed by atoms with Gasteiger partial charge in [-0.2, -0.15) is 0 Å². The SMILES string of the molecule is CC/C=C/C=C/C=C/C=C/CCCCCCCC(=O)OC[C@H](COP(=O)(O)O)OC(=O)CCCCCCCCCC. The molecule has 2 N–H and O–H groups in total. The monoisotopic (exact) mass is 598 g/mol. The van der Waals surface area contributed by atoms with Crippen LogP contribution in [0.4, 0.5) is 0 Å². The fraction of sp³-hybridized carbons (Fsp3) is 0.688. The van der Waals surface area contributed by atoms with Gasteiger partial charge in [0.15, 0.2) is 6.10 Å². The first-order valence-electron chi connectivity index (χ1n) is 15.5. The Morgan fingerprint density at radius 2 is 1.17 bits per heavy atom. The first-order valence-corrected chi connectivity index (χ1v) is 17.0. The van der Waals surface area contributed by atoms with E-state index in [1.54, 1.807) is 0 Å². The van der Waals surface area contributed by atoms with Crippen LogP contribution in [0.15, 0.2) is 48.6 Å². The molecule has 0 rings (SSSR count). The molecule has 0 aliphatic rings. The third-order valence-electron chi connectivity index (χ3n) is 6.21. The van der Waals surface area contributed by atoms with Crippen LogP contribution in [0.25, 0.3) is 0 Å². The fourth-order valence-corrected chi connectivity index (χ4v) is 4.27. The number of rotatable bonds is 27. The summed E-state index contributed by atoms with van der Waals surface area (Å²) in [6.07, 6.45) is 31.3. The zero-order valence-corrected chi connectivity index (χ0v) is 26.3. The molecule has 0 heterocycles. The highest BCUT2D eigenvalue weighted by molar-refractivity contribution is 7.46. The molecule has 0 saturated carbocycles. The fourth-order valence-electron chi connectivity index (χ4n) is 3.91. The van der Waals surface area contributed by atoms with Crippen LogP contribution in [0, 0.1) is 0 Å². The summed E-state index contributed by atoms with van der Waals surface area (Å²) in [6, 6.07) is 0. The number of esters is 2. The standard InChI is InChI=1S/C32H55O8P/c1-3-5-7-9-11-13-14-15-16-17-18-19-21-22-24-26-31(33)38-28-30(29-39-41(35,36)37)40-32(34)27-25-23-20-12-10-8-6-4-2/h5,7,9,11,13-16,30H,3-4,6,8,10,12,17-29H2,1-2H3,(H2,35,36,37)/b7-5+,11-9+,14-13+,16-15+/t30-/m1/s1. The van der Waals surface area contributed by atoms with Crippen molar-refractivity contribution in [3.8, 4) is 0 Å². The van der Waals surface area contributed by atoms with Crippen molar-refractivity contribution in [3.63, 3.8) is 0 Å². The Balaban J connectivity index is 4.08. The normalized spacial score (nSPS) is 13.2. The third-order valence-corrected chi connectivity index (χ3v) is 6.69. The van der Waals surface area contributed by atoms with Crippen molar-refractivity contribution in [3.05, 3.63) is 48.6 Å². The molecule has 0 bridgehead atoms. The molecule has 9 heteroatoms. The van der Waals surface area contributed by atoms with E-state index in [4.69, 9.17) is 19.3 Å². The lowest BCUT2D eigenvalue weighted by atomic mass is 10.1. The van der Waals surface area contributed by atoms with Crippen molar-refractivity contribution < 1.29 is 37.9 Å². The quantitative estimate of drug-likeness (QED) is 0.0418. The van der Waals surface area contributed by atoms with Gasteiger partial charge in [-0.15, -0.1) is 0 Å². The maximum atomic E-state index is 12.2. The van der Waals surface area contributed by atoms with E-state index in [2.05, 4.69) is 36.6 Å². The van der Waals surface area contributed by atoms with Crippen LogP contribution in [0.5, 0.6) is 0 Å². The second kappa shape index (κ2) is 28.1. The van der Waals surface area contributed by atoms with Crippen molar-refractivity contribution in [1.29, 1.82) is 0 Å². The minimum Gasteiger partial charge on any atom is -0.462 e. The second-order valence-corrected chi connectivity index (χ2v) is 11.4. The number of carbonyl (C=O) groups excluding carboxylic acids is 2. The minimum atomic E-state index is -4.74. The maximum Gasteiger partial charge on any atom is 0.469 e. The van der Waals surface area contributed by atoms with Gasteiger partial charge in [0.1, 0.15) is 6.61 Å². The Morgan fingerprint density at radius 3 is 1.76 bits per heavy atom. The zero-order valence-electron chi connectivity index (χ0n) is 25.4. The van der Waals surface area contributed by atoms with Crippen LogP contribution in [0.3, 0.4) is 0 Å². The van der Waals surface area contributed by atoms with Gasteiger partial charge in [0.05, 0.1) is 6.61 Å². The Hall–Kier alpha value is -1.99. The van der Waals surface area contributed by atoms with Crippen molar-refractivity contribution in [1.82, 2.24) is 0 Å². The number of allylic oxidation sites excluding steroid dienone is 8. The largest absolute Gasteiger partial charge is 0.469 e. The molecule has 0 unspecified atom stereocenters. The molecule has 0 aromatic rings. The molecule has 1 atom stereocenters. The van der Waals surface area contributed by atoms with Gasteiger partial charge < -0.3 is 19.3 Å². The van der Waals surface area contributed by atoms with Crippen LogP contribution in [-0.4, -0.2) is 41.0 Å². The number of hydrogen-bond donors (Lipinski definition) is 2. The molecule has 0 saturated heterocycles. The number of ether oxygens (including phenoxy) is 2. The van der Waals surface area contributed by atoms with Crippen LogP contribution in [0.1, 0.15) is 123 Å². The van der Waals surface area contributed by atoms with Crippen molar-refractivity contribution in [2.24, 2.45) is 0 Å². The lowest BCUT2D eigenvalue weighted by Gasteiger charge is -2.18. The van der Waals surface area contributed by atoms with Crippen molar-refractivity contribution >= 4 is 19.8 Å². The molecule has 0 radical (unpaired) electrons. The smallest absolute Gasteiger partial charge is 0.462 e. The molecule has 0 aliphatic heterocycles. The van der Waals surface area contributed by atoms with Gasteiger partial charge in [0.25, 0.3) is 0 Å². The van der Waals surface area contributed by atoms with E-state index >= 15 is 0 Å². The molecular formula is C32H55O8P. The van der Waals surface area contributed by atoms with Crippen LogP contribution in [0.2, 0.25) is 0 Å². The molecule has 8 nitrogen and oxygen atoms in total. The molecule has 0 amide bonds. The van der Waals surface area contributed by atoms with Gasteiger partial charge >= 0.3 is 19.8 Å². The van der Waals surface area contributed by atoms with E-state index in [0.29, 0.717) is 12.8 Å². The summed E-state index contributed by atoms with van der Waals surface area (Å²) in [5.74, 6) is -0.923. The Labute approximate surface area is 248 Å². The highest BCUT2D eigenvalue weighted by Gasteiger charge is 2.22. The summed E-state index contributed by atoms with van der Waals surface area (Å²) in [5.41, 5.74) is 0. The van der Waals surface area contributed by atoms with Crippen molar-refractivity contribution in [2.75, 3.05) is 13.2 Å². The van der Waals surface area contributed by atoms with E-state index < -0.39 is 32.5 Å². The highest BCUT2D eigenvalue weighted by Crippen LogP contribution is 2.35. The molecule has 0 aromatic heterocycles. The Morgan fingerprint density at radius 1 is 0.659 bits per heavy atom. The van der Waals surface area contributed by atoms with E-state index in [-0.39, 0.29) is 19.4 Å². The van der Waals surface area contributed by atoms with Gasteiger partial charge in [-0.1, -0.05) is 127 Å². The summed E-state index contributed by atoms with van der Waals surface area (Å²) in [7, 11) is -4.74. The summed E-state index contributed by atoms with van der Waals surface area (Å²) < 4.78 is 26.1. The summed E-state index contributed by atoms with van der Waals surface area (Å²) in [6.45, 7) is 3.44. The highest BCUT2D eigenvalue weighted by atomic mass is 31.2. The summed E-state index contributed by atoms with van der Waals surface area (Å²) in [5, 5.41) is 0. The van der Waals surface area contributed by atoms with E-state index in [9.17, 15) is 14.2 Å². The van der Waals surface area contributed by atoms with Crippen molar-refractivity contribution in [2.45, 2.75) is 129 Å². The maximum absolute atomic E-state index is 12.2. The van der Waals surface area contributed by atoms with E-state index in [1.807, 2.05) is 30.4 Å².